The van der Waals surface area contributed by atoms with E-state index in [1.165, 1.54) is 4.90 Å². The van der Waals surface area contributed by atoms with E-state index in [1.54, 1.807) is 0 Å². The van der Waals surface area contributed by atoms with Gasteiger partial charge >= 0.3 is 12.1 Å². The van der Waals surface area contributed by atoms with Crippen molar-refractivity contribution in [2.24, 2.45) is 0 Å². The average molecular weight is 263 g/mol. The highest BCUT2D eigenvalue weighted by molar-refractivity contribution is 5.92. The number of carboxylic acids is 1. The fourth-order valence-electron chi connectivity index (χ4n) is 2.30. The van der Waals surface area contributed by atoms with Crippen molar-refractivity contribution in [3.8, 4) is 0 Å². The van der Waals surface area contributed by atoms with Crippen molar-refractivity contribution in [2.45, 2.75) is 32.2 Å². The van der Waals surface area contributed by atoms with Crippen LogP contribution in [0.4, 0.5) is 10.5 Å². The number of carbonyl (C=O) groups is 2. The van der Waals surface area contributed by atoms with Crippen molar-refractivity contribution in [1.29, 1.82) is 0 Å². The molecule has 1 saturated heterocycles. The Kier molecular flexibility index (Phi) is 3.74. The molecule has 2 rings (SSSR count). The fourth-order valence-corrected chi connectivity index (χ4v) is 2.30. The van der Waals surface area contributed by atoms with E-state index < -0.39 is 18.1 Å². The van der Waals surface area contributed by atoms with Gasteiger partial charge in [-0.05, 0) is 17.5 Å². The van der Waals surface area contributed by atoms with E-state index in [0.717, 1.165) is 11.3 Å². The van der Waals surface area contributed by atoms with Gasteiger partial charge in [-0.2, -0.15) is 0 Å². The Morgan fingerprint density at radius 3 is 2.79 bits per heavy atom. The molecule has 1 aliphatic rings. The first kappa shape index (κ1) is 13.4. The Balaban J connectivity index is 2.37. The second-order valence-corrected chi connectivity index (χ2v) is 4.91. The number of anilines is 1. The number of cyclic esters (lactones) is 1. The molecule has 19 heavy (non-hydrogen) atoms. The van der Waals surface area contributed by atoms with Gasteiger partial charge in [0, 0.05) is 0 Å². The van der Waals surface area contributed by atoms with Crippen molar-refractivity contribution in [2.75, 3.05) is 11.5 Å². The largest absolute Gasteiger partial charge is 0.481 e. The van der Waals surface area contributed by atoms with Crippen LogP contribution in [0.15, 0.2) is 24.3 Å². The van der Waals surface area contributed by atoms with Gasteiger partial charge in [0.15, 0.2) is 0 Å². The highest BCUT2D eigenvalue weighted by Crippen LogP contribution is 2.32. The van der Waals surface area contributed by atoms with Crippen molar-refractivity contribution < 1.29 is 19.4 Å². The molecule has 0 bridgehead atoms. The van der Waals surface area contributed by atoms with E-state index in [4.69, 9.17) is 9.84 Å². The number of aliphatic carboxylic acids is 1. The number of carbonyl (C=O) groups excluding carboxylic acids is 1. The zero-order valence-corrected chi connectivity index (χ0v) is 11.0. The summed E-state index contributed by atoms with van der Waals surface area (Å²) in [4.78, 5) is 24.2. The number of benzene rings is 1. The van der Waals surface area contributed by atoms with Crippen LogP contribution in [-0.4, -0.2) is 29.8 Å². The van der Waals surface area contributed by atoms with Crippen LogP contribution in [0.2, 0.25) is 0 Å². The lowest BCUT2D eigenvalue weighted by Crippen LogP contribution is -2.35. The molecule has 1 atom stereocenters. The summed E-state index contributed by atoms with van der Waals surface area (Å²) in [6.45, 7) is 4.19. The van der Waals surface area contributed by atoms with Crippen molar-refractivity contribution in [3.63, 3.8) is 0 Å². The third-order valence-corrected chi connectivity index (χ3v) is 3.19. The number of ether oxygens (including phenoxy) is 1. The van der Waals surface area contributed by atoms with Gasteiger partial charge in [-0.3, -0.25) is 9.69 Å². The highest BCUT2D eigenvalue weighted by atomic mass is 16.6. The standard InChI is InChI=1S/C14H17NO4/c1-9(2)11-5-3-4-6-12(11)15-10(7-13(16)17)8-19-14(15)18/h3-6,9-10H,7-8H2,1-2H3,(H,16,17). The van der Waals surface area contributed by atoms with Crippen LogP contribution in [0, 0.1) is 0 Å². The summed E-state index contributed by atoms with van der Waals surface area (Å²) in [6, 6.07) is 7.09. The zero-order chi connectivity index (χ0) is 14.0. The molecule has 1 aliphatic heterocycles. The van der Waals surface area contributed by atoms with Crippen LogP contribution in [-0.2, 0) is 9.53 Å². The summed E-state index contributed by atoms with van der Waals surface area (Å²) in [7, 11) is 0. The van der Waals surface area contributed by atoms with Crippen LogP contribution in [0.25, 0.3) is 0 Å². The maximum atomic E-state index is 11.9. The van der Waals surface area contributed by atoms with Gasteiger partial charge in [-0.15, -0.1) is 0 Å². The van der Waals surface area contributed by atoms with Gasteiger partial charge in [0.1, 0.15) is 6.61 Å². The molecule has 5 nitrogen and oxygen atoms in total. The van der Waals surface area contributed by atoms with Crippen molar-refractivity contribution in [3.05, 3.63) is 29.8 Å². The molecule has 1 unspecified atom stereocenters. The second-order valence-electron chi connectivity index (χ2n) is 4.91. The summed E-state index contributed by atoms with van der Waals surface area (Å²) in [5.41, 5.74) is 1.75. The highest BCUT2D eigenvalue weighted by Gasteiger charge is 2.36. The fraction of sp³-hybridized carbons (Fsp3) is 0.429. The predicted molar refractivity (Wildman–Crippen MR) is 70.4 cm³/mol. The smallest absolute Gasteiger partial charge is 0.414 e. The van der Waals surface area contributed by atoms with Crippen molar-refractivity contribution >= 4 is 17.7 Å². The molecule has 0 aliphatic carbocycles. The molecule has 0 saturated carbocycles. The lowest BCUT2D eigenvalue weighted by atomic mass is 9.99. The second kappa shape index (κ2) is 5.30. The summed E-state index contributed by atoms with van der Waals surface area (Å²) >= 11 is 0. The SMILES string of the molecule is CC(C)c1ccccc1N1C(=O)OCC1CC(=O)O. The zero-order valence-electron chi connectivity index (χ0n) is 11.0. The van der Waals surface area contributed by atoms with Gasteiger partial charge < -0.3 is 9.84 Å². The third kappa shape index (κ3) is 2.70. The Morgan fingerprint density at radius 1 is 1.47 bits per heavy atom. The Morgan fingerprint density at radius 2 is 2.16 bits per heavy atom. The van der Waals surface area contributed by atoms with E-state index >= 15 is 0 Å². The Labute approximate surface area is 111 Å². The topological polar surface area (TPSA) is 66.8 Å². The summed E-state index contributed by atoms with van der Waals surface area (Å²) in [5.74, 6) is -0.689. The average Bonchev–Trinajstić information content (AvgIpc) is 2.69. The molecule has 0 spiro atoms. The molecule has 1 N–H and O–H groups in total. The van der Waals surface area contributed by atoms with Gasteiger partial charge in [0.25, 0.3) is 0 Å². The van der Waals surface area contributed by atoms with Crippen LogP contribution in [0.5, 0.6) is 0 Å². The van der Waals surface area contributed by atoms with Crippen LogP contribution < -0.4 is 4.90 Å². The van der Waals surface area contributed by atoms with E-state index in [-0.39, 0.29) is 18.9 Å². The third-order valence-electron chi connectivity index (χ3n) is 3.19. The van der Waals surface area contributed by atoms with Crippen LogP contribution >= 0.6 is 0 Å². The normalized spacial score (nSPS) is 18.8. The molecule has 1 heterocycles. The summed E-state index contributed by atoms with van der Waals surface area (Å²) in [5, 5.41) is 8.91. The molecule has 1 aromatic rings. The molecule has 1 amide bonds. The number of rotatable bonds is 4. The first-order valence-corrected chi connectivity index (χ1v) is 6.27. The Bertz CT molecular complexity index is 498. The molecule has 5 heteroatoms. The molecular weight excluding hydrogens is 246 g/mol. The van der Waals surface area contributed by atoms with E-state index in [1.807, 2.05) is 38.1 Å². The molecular formula is C14H17NO4. The van der Waals surface area contributed by atoms with Gasteiger partial charge in [-0.25, -0.2) is 4.79 Å². The lowest BCUT2D eigenvalue weighted by molar-refractivity contribution is -0.137. The minimum absolute atomic E-state index is 0.113. The first-order valence-electron chi connectivity index (χ1n) is 6.27. The van der Waals surface area contributed by atoms with E-state index in [2.05, 4.69) is 0 Å². The minimum Gasteiger partial charge on any atom is -0.481 e. The maximum absolute atomic E-state index is 11.9. The van der Waals surface area contributed by atoms with E-state index in [0.29, 0.717) is 0 Å². The van der Waals surface area contributed by atoms with Crippen LogP contribution in [0.3, 0.4) is 0 Å². The monoisotopic (exact) mass is 263 g/mol. The Hall–Kier alpha value is -2.04. The number of nitrogens with zero attached hydrogens (tertiary/aromatic N) is 1. The number of hydrogen-bond donors (Lipinski definition) is 1. The molecule has 102 valence electrons. The minimum atomic E-state index is -0.935. The number of carboxylic acid groups (broad SMARTS) is 1. The van der Waals surface area contributed by atoms with E-state index in [9.17, 15) is 9.59 Å². The first-order chi connectivity index (χ1) is 9.00. The summed E-state index contributed by atoms with van der Waals surface area (Å²) < 4.78 is 4.99. The lowest BCUT2D eigenvalue weighted by Gasteiger charge is -2.24. The van der Waals surface area contributed by atoms with Gasteiger partial charge in [0.05, 0.1) is 18.2 Å². The maximum Gasteiger partial charge on any atom is 0.414 e. The number of para-hydroxylation sites is 1. The quantitative estimate of drug-likeness (QED) is 0.906. The molecule has 1 fully saturated rings. The van der Waals surface area contributed by atoms with Crippen LogP contribution in [0.1, 0.15) is 31.7 Å². The summed E-state index contributed by atoms with van der Waals surface area (Å²) in [6.07, 6.45) is -0.586. The molecule has 0 radical (unpaired) electrons. The van der Waals surface area contributed by atoms with Gasteiger partial charge in [0.2, 0.25) is 0 Å². The number of amides is 1. The number of hydrogen-bond acceptors (Lipinski definition) is 3. The molecule has 0 aromatic heterocycles. The van der Waals surface area contributed by atoms with Gasteiger partial charge in [-0.1, -0.05) is 32.0 Å². The molecule has 1 aromatic carbocycles. The van der Waals surface area contributed by atoms with Crippen molar-refractivity contribution in [1.82, 2.24) is 0 Å². The predicted octanol–water partition coefficient (Wildman–Crippen LogP) is 2.61.